The summed E-state index contributed by atoms with van der Waals surface area (Å²) < 4.78 is 61.2. The molecule has 8 N–H and O–H groups in total. The van der Waals surface area contributed by atoms with E-state index in [4.69, 9.17) is 47.4 Å². The monoisotopic (exact) mass is 956 g/mol. The summed E-state index contributed by atoms with van der Waals surface area (Å²) in [5.74, 6) is 1.18. The molecule has 0 aromatic rings. The van der Waals surface area contributed by atoms with E-state index in [1.807, 2.05) is 0 Å². The molecule has 5 saturated heterocycles. The summed E-state index contributed by atoms with van der Waals surface area (Å²) in [6.07, 6.45) is -13.3. The highest BCUT2D eigenvalue weighted by atomic mass is 16.8. The van der Waals surface area contributed by atoms with Crippen molar-refractivity contribution >= 4 is 5.97 Å². The first-order valence-electron chi connectivity index (χ1n) is 24.8. The van der Waals surface area contributed by atoms with Crippen molar-refractivity contribution < 1.29 is 93.0 Å². The van der Waals surface area contributed by atoms with E-state index in [1.165, 1.54) is 12.5 Å². The smallest absolute Gasteiger partial charge is 0.302 e. The molecule has 0 amide bonds. The molecule has 3 unspecified atom stereocenters. The maximum atomic E-state index is 12.1. The first-order chi connectivity index (χ1) is 31.7. The number of allylic oxidation sites excluding steroid dienone is 1. The lowest BCUT2D eigenvalue weighted by atomic mass is 9.47. The van der Waals surface area contributed by atoms with Crippen LogP contribution in [0.15, 0.2) is 11.6 Å². The second-order valence-electron chi connectivity index (χ2n) is 22.0. The SMILES string of the molecule is CO[C@@H]1O[C@]2(CC[C@H]1C)OC1C[C@H]3[C@@H]4CC=C5C[C@@H](O[C@@H]6O[C@H](CO)[C@@H](O[C@@H]7O[C@H](COC(C)=O)[C@@H](O)[C@H](O)[C@H]7O)[C@H](O)[C@H]6O[C@@H]6O[C@@H](C)[C@H](O)[C@@H](O)[C@H]6O)CC[C@]5(C)[C@H]4CC[C@]3(C)C1C2C. The van der Waals surface area contributed by atoms with Gasteiger partial charge in [0.05, 0.1) is 24.9 Å². The second kappa shape index (κ2) is 19.2. The normalized spacial score (nSPS) is 55.2. The summed E-state index contributed by atoms with van der Waals surface area (Å²) in [5, 5.41) is 87.0. The van der Waals surface area contributed by atoms with Gasteiger partial charge >= 0.3 is 5.97 Å². The molecule has 0 radical (unpaired) electrons. The number of ether oxygens (including phenoxy) is 10. The van der Waals surface area contributed by atoms with E-state index in [2.05, 4.69) is 33.8 Å². The molecule has 8 fully saturated rings. The van der Waals surface area contributed by atoms with Crippen LogP contribution in [0.4, 0.5) is 0 Å². The summed E-state index contributed by atoms with van der Waals surface area (Å²) >= 11 is 0. The van der Waals surface area contributed by atoms with Crippen LogP contribution >= 0.6 is 0 Å². The molecule has 9 aliphatic rings. The number of rotatable bonds is 10. The zero-order valence-electron chi connectivity index (χ0n) is 39.8. The van der Waals surface area contributed by atoms with E-state index >= 15 is 0 Å². The Bertz CT molecular complexity index is 1790. The van der Waals surface area contributed by atoms with Gasteiger partial charge in [0.2, 0.25) is 0 Å². The third-order valence-corrected chi connectivity index (χ3v) is 18.3. The number of hydrogen-bond donors (Lipinski definition) is 8. The van der Waals surface area contributed by atoms with Crippen LogP contribution in [-0.2, 0) is 52.2 Å². The summed E-state index contributed by atoms with van der Waals surface area (Å²) in [6, 6.07) is 0. The Labute approximate surface area is 392 Å². The van der Waals surface area contributed by atoms with Gasteiger partial charge in [0.25, 0.3) is 0 Å². The summed E-state index contributed by atoms with van der Waals surface area (Å²) in [6.45, 7) is 10.9. The maximum Gasteiger partial charge on any atom is 0.302 e. The Hall–Kier alpha value is -1.47. The average Bonchev–Trinajstić information content (AvgIpc) is 3.75. The van der Waals surface area contributed by atoms with Gasteiger partial charge < -0.3 is 88.2 Å². The fraction of sp³-hybridized carbons (Fsp3) is 0.938. The molecule has 5 aliphatic heterocycles. The van der Waals surface area contributed by atoms with E-state index in [0.717, 1.165) is 51.9 Å². The van der Waals surface area contributed by atoms with Crippen molar-refractivity contribution in [3.63, 3.8) is 0 Å². The Kier molecular flexibility index (Phi) is 14.4. The van der Waals surface area contributed by atoms with Crippen LogP contribution in [0.5, 0.6) is 0 Å². The van der Waals surface area contributed by atoms with Crippen LogP contribution in [0.2, 0.25) is 0 Å². The van der Waals surface area contributed by atoms with Crippen LogP contribution in [-0.4, -0.2) is 184 Å². The van der Waals surface area contributed by atoms with Crippen LogP contribution < -0.4 is 0 Å². The zero-order chi connectivity index (χ0) is 48.1. The first-order valence-corrected chi connectivity index (χ1v) is 24.8. The average molecular weight is 957 g/mol. The molecule has 9 rings (SSSR count). The highest BCUT2D eigenvalue weighted by molar-refractivity contribution is 5.65. The van der Waals surface area contributed by atoms with Gasteiger partial charge in [0, 0.05) is 32.3 Å². The Morgan fingerprint density at radius 3 is 2.12 bits per heavy atom. The number of carbonyl (C=O) groups excluding carboxylic acids is 1. The fourth-order valence-corrected chi connectivity index (χ4v) is 14.5. The van der Waals surface area contributed by atoms with E-state index in [0.29, 0.717) is 42.4 Å². The maximum absolute atomic E-state index is 12.1. The van der Waals surface area contributed by atoms with Crippen LogP contribution in [0, 0.1) is 46.3 Å². The zero-order valence-corrected chi connectivity index (χ0v) is 39.8. The van der Waals surface area contributed by atoms with E-state index < -0.39 is 123 Å². The van der Waals surface area contributed by atoms with Crippen LogP contribution in [0.1, 0.15) is 99.3 Å². The minimum Gasteiger partial charge on any atom is -0.463 e. The minimum absolute atomic E-state index is 0.0708. The van der Waals surface area contributed by atoms with Crippen molar-refractivity contribution in [3.05, 3.63) is 11.6 Å². The molecule has 5 heterocycles. The molecule has 19 heteroatoms. The Balaban J connectivity index is 0.913. The molecule has 0 aromatic carbocycles. The largest absolute Gasteiger partial charge is 0.463 e. The minimum atomic E-state index is -1.86. The molecule has 0 bridgehead atoms. The molecule has 3 saturated carbocycles. The first kappa shape index (κ1) is 50.5. The molecule has 382 valence electrons. The number of carbonyl (C=O) groups is 1. The summed E-state index contributed by atoms with van der Waals surface area (Å²) in [7, 11) is 1.72. The van der Waals surface area contributed by atoms with Gasteiger partial charge in [-0.15, -0.1) is 0 Å². The van der Waals surface area contributed by atoms with Crippen LogP contribution in [0.3, 0.4) is 0 Å². The standard InChI is InChI=1S/C48H76O19/c1-20-10-15-48(67-42(20)58-7)21(2)32-29(66-48)17-28-26-9-8-24-16-25(11-13-46(24,5)27(26)12-14-47(28,32)6)61-45-41(65-43-37(55)35(53)33(51)22(3)60-43)39(57)40(30(18-49)62-45)64-44-38(56)36(54)34(52)31(63-44)19-59-23(4)50/h8,20-22,25-45,49,51-57H,9-19H2,1-7H3/t20-,21?,22+,25+,26-,27+,28+,29?,30-,31-,32?,33+,34-,35-,36+,37-,38-,39+,40-,41-,42-,43+,44+,45-,46+,47+,48+/m1/s1. The van der Waals surface area contributed by atoms with Crippen molar-refractivity contribution in [2.75, 3.05) is 20.3 Å². The fourth-order valence-electron chi connectivity index (χ4n) is 14.5. The third kappa shape index (κ3) is 8.68. The molecule has 67 heavy (non-hydrogen) atoms. The molecule has 19 nitrogen and oxygen atoms in total. The lowest BCUT2D eigenvalue weighted by Crippen LogP contribution is -2.67. The number of aliphatic hydroxyl groups is 8. The van der Waals surface area contributed by atoms with Gasteiger partial charge in [-0.25, -0.2) is 0 Å². The second-order valence-corrected chi connectivity index (χ2v) is 22.0. The predicted molar refractivity (Wildman–Crippen MR) is 230 cm³/mol. The molecule has 27 atom stereocenters. The molecule has 4 aliphatic carbocycles. The lowest BCUT2D eigenvalue weighted by molar-refractivity contribution is -0.389. The highest BCUT2D eigenvalue weighted by Gasteiger charge is 2.69. The number of fused-ring (bicyclic) bond motifs is 7. The number of hydrogen-bond acceptors (Lipinski definition) is 19. The van der Waals surface area contributed by atoms with Crippen molar-refractivity contribution in [2.24, 2.45) is 46.3 Å². The lowest BCUT2D eigenvalue weighted by Gasteiger charge is -2.59. The van der Waals surface area contributed by atoms with E-state index in [9.17, 15) is 45.6 Å². The van der Waals surface area contributed by atoms with Gasteiger partial charge in [0.15, 0.2) is 30.9 Å². The third-order valence-electron chi connectivity index (χ3n) is 18.3. The van der Waals surface area contributed by atoms with Crippen molar-refractivity contribution in [2.45, 2.75) is 216 Å². The number of aliphatic hydroxyl groups excluding tert-OH is 8. The summed E-state index contributed by atoms with van der Waals surface area (Å²) in [5.41, 5.74) is 1.36. The predicted octanol–water partition coefficient (Wildman–Crippen LogP) is 0.757. The van der Waals surface area contributed by atoms with Crippen molar-refractivity contribution in [1.82, 2.24) is 0 Å². The van der Waals surface area contributed by atoms with Crippen molar-refractivity contribution in [3.8, 4) is 0 Å². The van der Waals surface area contributed by atoms with Gasteiger partial charge in [0.1, 0.15) is 73.8 Å². The van der Waals surface area contributed by atoms with Gasteiger partial charge in [-0.1, -0.05) is 39.3 Å². The van der Waals surface area contributed by atoms with E-state index in [-0.39, 0.29) is 29.1 Å². The highest BCUT2D eigenvalue weighted by Crippen LogP contribution is 2.71. The van der Waals surface area contributed by atoms with Gasteiger partial charge in [-0.3, -0.25) is 4.79 Å². The summed E-state index contributed by atoms with van der Waals surface area (Å²) in [4.78, 5) is 11.5. The molecule has 0 aromatic heterocycles. The van der Waals surface area contributed by atoms with Gasteiger partial charge in [-0.2, -0.15) is 0 Å². The van der Waals surface area contributed by atoms with Crippen molar-refractivity contribution in [1.29, 1.82) is 0 Å². The van der Waals surface area contributed by atoms with E-state index in [1.54, 1.807) is 7.11 Å². The Morgan fingerprint density at radius 1 is 0.731 bits per heavy atom. The number of esters is 1. The molecular formula is C48H76O19. The number of methoxy groups -OCH3 is 1. The Morgan fingerprint density at radius 2 is 1.42 bits per heavy atom. The topological polar surface area (TPSA) is 271 Å². The molecular weight excluding hydrogens is 881 g/mol. The van der Waals surface area contributed by atoms with Gasteiger partial charge in [-0.05, 0) is 92.8 Å². The molecule has 1 spiro atoms. The van der Waals surface area contributed by atoms with Crippen LogP contribution in [0.25, 0.3) is 0 Å². The quantitative estimate of drug-likeness (QED) is 0.111.